The third kappa shape index (κ3) is 3.30. The Morgan fingerprint density at radius 2 is 2.13 bits per heavy atom. The lowest BCUT2D eigenvalue weighted by atomic mass is 10.1. The molecule has 2 aliphatic heterocycles. The Labute approximate surface area is 178 Å². The van der Waals surface area contributed by atoms with E-state index in [9.17, 15) is 4.39 Å². The molecule has 0 radical (unpaired) electrons. The fourth-order valence-corrected chi connectivity index (χ4v) is 4.18. The monoisotopic (exact) mass is 428 g/mol. The Balaban J connectivity index is 1.59. The average Bonchev–Trinajstić information content (AvgIpc) is 3.14. The van der Waals surface area contributed by atoms with E-state index in [0.717, 1.165) is 29.9 Å². The van der Waals surface area contributed by atoms with Gasteiger partial charge >= 0.3 is 0 Å². The summed E-state index contributed by atoms with van der Waals surface area (Å²) in [6.07, 6.45) is 0.456. The third-order valence-corrected chi connectivity index (χ3v) is 5.68. The van der Waals surface area contributed by atoms with Crippen molar-refractivity contribution in [3.05, 3.63) is 58.9 Å². The molecule has 5 rings (SSSR count). The van der Waals surface area contributed by atoms with Crippen LogP contribution in [0.5, 0.6) is 0 Å². The quantitative estimate of drug-likeness (QED) is 0.631. The molecule has 9 heteroatoms. The molecule has 30 heavy (non-hydrogen) atoms. The van der Waals surface area contributed by atoms with Crippen LogP contribution < -0.4 is 10.2 Å². The predicted molar refractivity (Wildman–Crippen MR) is 115 cm³/mol. The summed E-state index contributed by atoms with van der Waals surface area (Å²) in [5.41, 5.74) is 2.27. The summed E-state index contributed by atoms with van der Waals surface area (Å²) in [6, 6.07) is 12.6. The minimum absolute atomic E-state index is 0.366. The Hall–Kier alpha value is -2.68. The standard InChI is InChI=1S/C21H22ClFN6O/c1-30-10-4-9-27-12-24-20-26-19(15-8-7-14(22)11-16(15)23)29-18-6-3-2-5-17(18)25-21(29)28(20)13-27/h2-3,5-8,11,19H,4,9-10,12-13H2,1H3,(H,24,26)/t19-/m0/s1. The largest absolute Gasteiger partial charge is 0.385 e. The number of nitrogens with one attached hydrogen (secondary N) is 1. The smallest absolute Gasteiger partial charge is 0.216 e. The summed E-state index contributed by atoms with van der Waals surface area (Å²) in [5, 5.41) is 3.79. The molecule has 3 heterocycles. The molecule has 156 valence electrons. The van der Waals surface area contributed by atoms with Gasteiger partial charge in [0, 0.05) is 30.8 Å². The van der Waals surface area contributed by atoms with Crippen LogP contribution in [0, 0.1) is 5.82 Å². The Morgan fingerprint density at radius 3 is 2.97 bits per heavy atom. The first-order chi connectivity index (χ1) is 14.7. The van der Waals surface area contributed by atoms with Crippen LogP contribution in [0.3, 0.4) is 0 Å². The topological polar surface area (TPSA) is 57.9 Å². The Morgan fingerprint density at radius 1 is 1.27 bits per heavy atom. The number of rotatable bonds is 5. The molecule has 3 aromatic rings. The highest BCUT2D eigenvalue weighted by atomic mass is 35.5. The highest BCUT2D eigenvalue weighted by Crippen LogP contribution is 2.35. The number of aliphatic imine (C=N–C) groups is 1. The zero-order chi connectivity index (χ0) is 20.7. The van der Waals surface area contributed by atoms with Gasteiger partial charge in [0.05, 0.1) is 24.4 Å². The van der Waals surface area contributed by atoms with Crippen molar-refractivity contribution in [1.82, 2.24) is 19.8 Å². The van der Waals surface area contributed by atoms with Gasteiger partial charge < -0.3 is 10.1 Å². The van der Waals surface area contributed by atoms with Crippen LogP contribution in [0.15, 0.2) is 47.5 Å². The van der Waals surface area contributed by atoms with Gasteiger partial charge in [-0.05, 0) is 30.7 Å². The number of imidazole rings is 1. The third-order valence-electron chi connectivity index (χ3n) is 5.44. The maximum atomic E-state index is 14.9. The van der Waals surface area contributed by atoms with E-state index in [-0.39, 0.29) is 5.82 Å². The van der Waals surface area contributed by atoms with E-state index in [4.69, 9.17) is 26.3 Å². The van der Waals surface area contributed by atoms with Crippen molar-refractivity contribution in [3.63, 3.8) is 0 Å². The van der Waals surface area contributed by atoms with Crippen molar-refractivity contribution < 1.29 is 9.13 Å². The first-order valence-electron chi connectivity index (χ1n) is 9.87. The van der Waals surface area contributed by atoms with Crippen LogP contribution in [0.4, 0.5) is 10.3 Å². The van der Waals surface area contributed by atoms with E-state index in [0.29, 0.717) is 36.5 Å². The second kappa shape index (κ2) is 7.86. The zero-order valence-corrected chi connectivity index (χ0v) is 17.3. The predicted octanol–water partition coefficient (Wildman–Crippen LogP) is 3.41. The first-order valence-corrected chi connectivity index (χ1v) is 10.3. The summed E-state index contributed by atoms with van der Waals surface area (Å²) >= 11 is 5.98. The SMILES string of the molecule is COCCCN1CN=C2N[C@H](c3ccc(Cl)cc3F)n3c(nc4ccccc43)N2C1. The number of halogens is 2. The van der Waals surface area contributed by atoms with Gasteiger partial charge in [-0.2, -0.15) is 0 Å². The maximum Gasteiger partial charge on any atom is 0.216 e. The maximum absolute atomic E-state index is 14.9. The molecule has 0 saturated heterocycles. The van der Waals surface area contributed by atoms with Gasteiger partial charge in [0.1, 0.15) is 12.0 Å². The lowest BCUT2D eigenvalue weighted by Gasteiger charge is -2.41. The average molecular weight is 429 g/mol. The summed E-state index contributed by atoms with van der Waals surface area (Å²) in [4.78, 5) is 13.9. The zero-order valence-electron chi connectivity index (χ0n) is 16.6. The molecule has 1 aromatic heterocycles. The van der Waals surface area contributed by atoms with Crippen LogP contribution in [-0.2, 0) is 4.74 Å². The van der Waals surface area contributed by atoms with Crippen LogP contribution in [0.25, 0.3) is 11.0 Å². The number of fused-ring (bicyclic) bond motifs is 5. The number of ether oxygens (including phenoxy) is 1. The van der Waals surface area contributed by atoms with Crippen LogP contribution in [0.1, 0.15) is 18.2 Å². The fraction of sp³-hybridized carbons (Fsp3) is 0.333. The molecule has 2 aliphatic rings. The number of methoxy groups -OCH3 is 1. The van der Waals surface area contributed by atoms with E-state index in [2.05, 4.69) is 10.2 Å². The van der Waals surface area contributed by atoms with Crippen molar-refractivity contribution >= 4 is 34.5 Å². The minimum Gasteiger partial charge on any atom is -0.385 e. The van der Waals surface area contributed by atoms with Gasteiger partial charge in [0.25, 0.3) is 0 Å². The van der Waals surface area contributed by atoms with Gasteiger partial charge in [-0.1, -0.05) is 29.8 Å². The summed E-state index contributed by atoms with van der Waals surface area (Å²) in [6.45, 7) is 2.80. The van der Waals surface area contributed by atoms with E-state index < -0.39 is 6.17 Å². The lowest BCUT2D eigenvalue weighted by molar-refractivity contribution is 0.171. The summed E-state index contributed by atoms with van der Waals surface area (Å²) in [5.74, 6) is 1.07. The molecule has 2 aromatic carbocycles. The molecular formula is C21H22ClFN6O. The summed E-state index contributed by atoms with van der Waals surface area (Å²) in [7, 11) is 1.71. The lowest BCUT2D eigenvalue weighted by Crippen LogP contribution is -2.57. The van der Waals surface area contributed by atoms with Crippen molar-refractivity contribution in [2.75, 3.05) is 38.5 Å². The van der Waals surface area contributed by atoms with Crippen molar-refractivity contribution in [2.45, 2.75) is 12.6 Å². The number of guanidine groups is 1. The van der Waals surface area contributed by atoms with E-state index >= 15 is 0 Å². The van der Waals surface area contributed by atoms with Crippen LogP contribution >= 0.6 is 11.6 Å². The second-order valence-electron chi connectivity index (χ2n) is 7.42. The number of anilines is 1. The molecule has 7 nitrogen and oxygen atoms in total. The highest BCUT2D eigenvalue weighted by molar-refractivity contribution is 6.30. The van der Waals surface area contributed by atoms with Gasteiger partial charge in [-0.3, -0.25) is 14.4 Å². The van der Waals surface area contributed by atoms with E-state index in [1.807, 2.05) is 33.7 Å². The van der Waals surface area contributed by atoms with Gasteiger partial charge in [-0.25, -0.2) is 14.4 Å². The number of benzene rings is 2. The molecule has 0 aliphatic carbocycles. The number of nitrogens with zero attached hydrogens (tertiary/aromatic N) is 5. The molecule has 0 saturated carbocycles. The first kappa shape index (κ1) is 19.3. The molecule has 1 atom stereocenters. The number of hydrogen-bond acceptors (Lipinski definition) is 6. The summed E-state index contributed by atoms with van der Waals surface area (Å²) < 4.78 is 22.1. The number of para-hydroxylation sites is 2. The fourth-order valence-electron chi connectivity index (χ4n) is 4.02. The molecular weight excluding hydrogens is 407 g/mol. The molecule has 0 fully saturated rings. The van der Waals surface area contributed by atoms with E-state index in [1.165, 1.54) is 6.07 Å². The number of hydrogen-bond donors (Lipinski definition) is 1. The van der Waals surface area contributed by atoms with Gasteiger partial charge in [0.2, 0.25) is 11.9 Å². The van der Waals surface area contributed by atoms with Crippen LogP contribution in [0.2, 0.25) is 5.02 Å². The molecule has 0 bridgehead atoms. The van der Waals surface area contributed by atoms with E-state index in [1.54, 1.807) is 19.2 Å². The second-order valence-corrected chi connectivity index (χ2v) is 7.85. The molecule has 1 N–H and O–H groups in total. The van der Waals surface area contributed by atoms with Crippen molar-refractivity contribution in [1.29, 1.82) is 0 Å². The Bertz CT molecular complexity index is 1120. The van der Waals surface area contributed by atoms with Crippen LogP contribution in [-0.4, -0.2) is 54.0 Å². The highest BCUT2D eigenvalue weighted by Gasteiger charge is 2.36. The molecule has 0 spiro atoms. The number of aromatic nitrogens is 2. The van der Waals surface area contributed by atoms with Crippen molar-refractivity contribution in [3.8, 4) is 0 Å². The molecule has 0 unspecified atom stereocenters. The normalized spacial score (nSPS) is 18.7. The Kier molecular flexibility index (Phi) is 5.06. The van der Waals surface area contributed by atoms with Gasteiger partial charge in [-0.15, -0.1) is 0 Å². The van der Waals surface area contributed by atoms with Gasteiger partial charge in [0.15, 0.2) is 0 Å². The molecule has 0 amide bonds. The minimum atomic E-state index is -0.472. The van der Waals surface area contributed by atoms with Crippen molar-refractivity contribution in [2.24, 2.45) is 4.99 Å².